The Balaban J connectivity index is 1.95. The van der Waals surface area contributed by atoms with Crippen molar-refractivity contribution in [3.8, 4) is 0 Å². The normalized spacial score (nSPS) is 32.4. The molecule has 7 heteroatoms. The van der Waals surface area contributed by atoms with Crippen molar-refractivity contribution in [2.75, 3.05) is 0 Å². The lowest BCUT2D eigenvalue weighted by atomic mass is 9.63. The maximum Gasteiger partial charge on any atom is 0.192 e. The Labute approximate surface area is 264 Å². The van der Waals surface area contributed by atoms with E-state index in [2.05, 4.69) is 100 Å². The number of carbonyl (C=O) groups excluding carboxylic acids is 2. The Bertz CT molecular complexity index is 1120. The predicted molar refractivity (Wildman–Crippen MR) is 185 cm³/mol. The summed E-state index contributed by atoms with van der Waals surface area (Å²) in [6, 6.07) is 0. The fourth-order valence-electron chi connectivity index (χ4n) is 6.97. The van der Waals surface area contributed by atoms with Gasteiger partial charge in [0, 0.05) is 30.9 Å². The molecule has 0 saturated heterocycles. The smallest absolute Gasteiger partial charge is 0.192 e. The van der Waals surface area contributed by atoms with Crippen molar-refractivity contribution in [1.29, 1.82) is 0 Å². The van der Waals surface area contributed by atoms with Crippen molar-refractivity contribution >= 4 is 39.3 Å². The van der Waals surface area contributed by atoms with Crippen LogP contribution in [-0.2, 0) is 18.4 Å². The molecular formula is C35H60O4SSi2. The molecule has 2 unspecified atom stereocenters. The minimum Gasteiger partial charge on any atom is -0.413 e. The molecule has 0 heterocycles. The Hall–Kier alpha value is -0.736. The molecule has 0 N–H and O–H groups in total. The van der Waals surface area contributed by atoms with E-state index in [0.29, 0.717) is 12.2 Å². The molecule has 0 aromatic heterocycles. The second-order valence-corrected chi connectivity index (χ2v) is 27.7. The lowest BCUT2D eigenvalue weighted by molar-refractivity contribution is -0.122. The number of ketones is 1. The molecule has 0 aliphatic heterocycles. The highest BCUT2D eigenvalue weighted by Gasteiger charge is 2.55. The van der Waals surface area contributed by atoms with E-state index in [0.717, 1.165) is 37.7 Å². The Morgan fingerprint density at radius 2 is 1.60 bits per heavy atom. The maximum atomic E-state index is 13.4. The first-order valence-corrected chi connectivity index (χ1v) is 22.8. The predicted octanol–water partition coefficient (Wildman–Crippen LogP) is 10.0. The zero-order chi connectivity index (χ0) is 32.1. The van der Waals surface area contributed by atoms with Gasteiger partial charge < -0.3 is 8.85 Å². The Morgan fingerprint density at radius 3 is 2.14 bits per heavy atom. The number of thioether (sulfide) groups is 1. The largest absolute Gasteiger partial charge is 0.413 e. The maximum absolute atomic E-state index is 13.4. The SMILES string of the molecule is C=C1C(=CC=C2CCC[C@]3(C)[C@@H]([C@H](C)SC(C)=O)C(=O)C[C@@H]23)CC(O[Si](C)(C)C(C)(C)C)CC1O[Si](C)(C)C(C)(C)C. The summed E-state index contributed by atoms with van der Waals surface area (Å²) in [5, 5.41) is 0.363. The second kappa shape index (κ2) is 12.6. The van der Waals surface area contributed by atoms with E-state index in [1.54, 1.807) is 6.92 Å². The van der Waals surface area contributed by atoms with Gasteiger partial charge in [0.2, 0.25) is 0 Å². The highest BCUT2D eigenvalue weighted by atomic mass is 32.2. The number of hydrogen-bond donors (Lipinski definition) is 0. The van der Waals surface area contributed by atoms with E-state index in [9.17, 15) is 9.59 Å². The monoisotopic (exact) mass is 632 g/mol. The van der Waals surface area contributed by atoms with Crippen molar-refractivity contribution in [2.45, 2.75) is 155 Å². The quantitative estimate of drug-likeness (QED) is 0.261. The summed E-state index contributed by atoms with van der Waals surface area (Å²) < 4.78 is 14.0. The highest BCUT2D eigenvalue weighted by Crippen LogP contribution is 2.58. The van der Waals surface area contributed by atoms with Gasteiger partial charge in [-0.3, -0.25) is 9.59 Å². The molecule has 238 valence electrons. The van der Waals surface area contributed by atoms with Crippen LogP contribution < -0.4 is 0 Å². The van der Waals surface area contributed by atoms with Crippen LogP contribution in [0.15, 0.2) is 35.5 Å². The zero-order valence-electron chi connectivity index (χ0n) is 29.0. The molecule has 6 atom stereocenters. The van der Waals surface area contributed by atoms with Crippen LogP contribution in [0, 0.1) is 17.3 Å². The van der Waals surface area contributed by atoms with Crippen molar-refractivity contribution < 1.29 is 18.4 Å². The van der Waals surface area contributed by atoms with Crippen LogP contribution in [0.5, 0.6) is 0 Å². The third-order valence-electron chi connectivity index (χ3n) is 11.4. The summed E-state index contributed by atoms with van der Waals surface area (Å²) in [6.07, 6.45) is 10.1. The fourth-order valence-corrected chi connectivity index (χ4v) is 10.8. The molecule has 0 aromatic carbocycles. The average molecular weight is 633 g/mol. The van der Waals surface area contributed by atoms with Crippen LogP contribution in [0.2, 0.25) is 36.3 Å². The summed E-state index contributed by atoms with van der Waals surface area (Å²) in [6.45, 7) is 33.7. The molecular weight excluding hydrogens is 573 g/mol. The van der Waals surface area contributed by atoms with Gasteiger partial charge in [-0.15, -0.1) is 0 Å². The minimum atomic E-state index is -2.02. The number of carbonyl (C=O) groups is 2. The van der Waals surface area contributed by atoms with Crippen LogP contribution in [0.4, 0.5) is 0 Å². The van der Waals surface area contributed by atoms with E-state index < -0.39 is 16.6 Å². The van der Waals surface area contributed by atoms with Gasteiger partial charge in [-0.1, -0.05) is 91.5 Å². The summed E-state index contributed by atoms with van der Waals surface area (Å²) in [5.74, 6) is 0.505. The number of allylic oxidation sites excluding steroid dienone is 3. The molecule has 4 nitrogen and oxygen atoms in total. The van der Waals surface area contributed by atoms with Gasteiger partial charge in [-0.2, -0.15) is 0 Å². The van der Waals surface area contributed by atoms with Gasteiger partial charge in [-0.25, -0.2) is 0 Å². The zero-order valence-corrected chi connectivity index (χ0v) is 31.8. The van der Waals surface area contributed by atoms with E-state index in [1.165, 1.54) is 22.9 Å². The van der Waals surface area contributed by atoms with Crippen LogP contribution in [0.25, 0.3) is 0 Å². The standard InChI is InChI=1S/C35H60O4SSi2/c1-23-27(18-17-26-16-15-19-35(10)29(26)22-30(37)32(35)24(2)40-25(3)36)20-28(38-41(11,12)33(4,5)6)21-31(23)39-42(13,14)34(7,8)9/h17-18,24,28-29,31-32H,1,15-16,19-22H2,2-14H3/t24-,28?,29-,31?,32-,35-/m0/s1. The van der Waals surface area contributed by atoms with Gasteiger partial charge >= 0.3 is 0 Å². The average Bonchev–Trinajstić information content (AvgIpc) is 3.08. The van der Waals surface area contributed by atoms with Gasteiger partial charge in [0.25, 0.3) is 0 Å². The number of rotatable bonds is 7. The van der Waals surface area contributed by atoms with Crippen molar-refractivity contribution in [2.24, 2.45) is 17.3 Å². The first-order chi connectivity index (χ1) is 19.0. The lowest BCUT2D eigenvalue weighted by Crippen LogP contribution is -2.49. The molecule has 3 saturated carbocycles. The van der Waals surface area contributed by atoms with E-state index in [-0.39, 0.29) is 49.9 Å². The van der Waals surface area contributed by atoms with E-state index in [4.69, 9.17) is 8.85 Å². The van der Waals surface area contributed by atoms with Crippen molar-refractivity contribution in [3.05, 3.63) is 35.5 Å². The fraction of sp³-hybridized carbons (Fsp3) is 0.771. The third kappa shape index (κ3) is 7.55. The molecule has 3 fully saturated rings. The number of hydrogen-bond acceptors (Lipinski definition) is 5. The Morgan fingerprint density at radius 1 is 1.02 bits per heavy atom. The van der Waals surface area contributed by atoms with Gasteiger partial charge in [0.1, 0.15) is 5.78 Å². The van der Waals surface area contributed by atoms with Crippen LogP contribution in [0.1, 0.15) is 101 Å². The van der Waals surface area contributed by atoms with Gasteiger partial charge in [0.15, 0.2) is 21.8 Å². The summed E-state index contributed by atoms with van der Waals surface area (Å²) in [4.78, 5) is 25.3. The molecule has 3 aliphatic rings. The summed E-state index contributed by atoms with van der Waals surface area (Å²) in [7, 11) is -3.99. The molecule has 0 radical (unpaired) electrons. The van der Waals surface area contributed by atoms with Crippen LogP contribution in [-0.4, -0.2) is 45.0 Å². The minimum absolute atomic E-state index is 0.0160. The molecule has 3 rings (SSSR count). The lowest BCUT2D eigenvalue weighted by Gasteiger charge is -2.45. The number of Topliss-reactive ketones (excluding diaryl/α,β-unsaturated/α-hetero) is 1. The van der Waals surface area contributed by atoms with Crippen molar-refractivity contribution in [1.82, 2.24) is 0 Å². The molecule has 0 amide bonds. The molecule has 42 heavy (non-hydrogen) atoms. The highest BCUT2D eigenvalue weighted by molar-refractivity contribution is 8.14. The molecule has 0 spiro atoms. The second-order valence-electron chi connectivity index (χ2n) is 16.6. The van der Waals surface area contributed by atoms with Crippen LogP contribution in [0.3, 0.4) is 0 Å². The number of fused-ring (bicyclic) bond motifs is 1. The summed E-state index contributed by atoms with van der Waals surface area (Å²) in [5.41, 5.74) is 3.62. The summed E-state index contributed by atoms with van der Waals surface area (Å²) >= 11 is 1.34. The van der Waals surface area contributed by atoms with Crippen LogP contribution >= 0.6 is 11.8 Å². The molecule has 3 aliphatic carbocycles. The Kier molecular flexibility index (Phi) is 10.7. The molecule has 0 aromatic rings. The first-order valence-electron chi connectivity index (χ1n) is 16.1. The van der Waals surface area contributed by atoms with E-state index >= 15 is 0 Å². The van der Waals surface area contributed by atoms with Crippen molar-refractivity contribution in [3.63, 3.8) is 0 Å². The van der Waals surface area contributed by atoms with Gasteiger partial charge in [0.05, 0.1) is 12.2 Å². The topological polar surface area (TPSA) is 52.6 Å². The van der Waals surface area contributed by atoms with Gasteiger partial charge in [-0.05, 0) is 84.4 Å². The van der Waals surface area contributed by atoms with E-state index in [1.807, 2.05) is 0 Å². The first kappa shape index (κ1) is 35.7. The third-order valence-corrected chi connectivity index (χ3v) is 21.4. The molecule has 0 bridgehead atoms.